The Labute approximate surface area is 232 Å². The first-order valence-corrected chi connectivity index (χ1v) is 16.4. The third-order valence-electron chi connectivity index (χ3n) is 6.99. The van der Waals surface area contributed by atoms with Crippen LogP contribution >= 0.6 is 0 Å². The molecule has 1 aliphatic rings. The maximum absolute atomic E-state index is 10.9. The molecule has 0 aromatic heterocycles. The average molecular weight is 547 g/mol. The summed E-state index contributed by atoms with van der Waals surface area (Å²) in [5.74, 6) is -0.701. The van der Waals surface area contributed by atoms with E-state index in [1.807, 2.05) is 18.2 Å². The highest BCUT2D eigenvalue weighted by atomic mass is 32.2. The van der Waals surface area contributed by atoms with Crippen molar-refractivity contribution in [3.05, 3.63) is 73.4 Å². The average Bonchev–Trinajstić information content (AvgIpc) is 3.26. The predicted octanol–water partition coefficient (Wildman–Crippen LogP) is 8.08. The highest BCUT2D eigenvalue weighted by Gasteiger charge is 2.43. The van der Waals surface area contributed by atoms with Gasteiger partial charge in [0.2, 0.25) is 0 Å². The van der Waals surface area contributed by atoms with Crippen molar-refractivity contribution in [2.45, 2.75) is 114 Å². The Bertz CT molecular complexity index is 893. The predicted molar refractivity (Wildman–Crippen MR) is 158 cm³/mol. The fraction of sp³-hybridized carbons (Fsp3) is 0.625. The molecule has 1 heterocycles. The molecule has 0 radical (unpaired) electrons. The van der Waals surface area contributed by atoms with Crippen LogP contribution in [0.25, 0.3) is 0 Å². The third-order valence-corrected chi connectivity index (χ3v) is 7.59. The highest BCUT2D eigenvalue weighted by molar-refractivity contribution is 7.85. The van der Waals surface area contributed by atoms with Crippen LogP contribution in [0.15, 0.2) is 67.8 Å². The molecule has 1 fully saturated rings. The minimum Gasteiger partial charge on any atom is -0.336 e. The van der Waals surface area contributed by atoms with E-state index in [-0.39, 0.29) is 12.2 Å². The lowest BCUT2D eigenvalue weighted by atomic mass is 10.0. The van der Waals surface area contributed by atoms with Crippen LogP contribution in [0.3, 0.4) is 0 Å². The van der Waals surface area contributed by atoms with E-state index in [0.29, 0.717) is 6.61 Å². The van der Waals surface area contributed by atoms with Crippen molar-refractivity contribution in [3.8, 4) is 0 Å². The Morgan fingerprint density at radius 1 is 0.789 bits per heavy atom. The van der Waals surface area contributed by atoms with Crippen molar-refractivity contribution in [1.82, 2.24) is 0 Å². The standard InChI is InChI=1S/C32H50O5S/c1-4-30-31(5-2)37-32(36-30,27-22-25-29-23-18-17-19-24-29)26-20-15-13-11-9-7-6-8-10-12-14-16-21-28-35-38(3,33)34/h4-5,17-19,22-24,27,30-31H,1-2,6-16,20-21,25-26,28H2,3H3/b27-22+/t30-,31-/m1/s1. The van der Waals surface area contributed by atoms with Gasteiger partial charge in [-0.15, -0.1) is 13.2 Å². The molecule has 5 nitrogen and oxygen atoms in total. The maximum Gasteiger partial charge on any atom is 0.264 e. The number of unbranched alkanes of at least 4 members (excludes halogenated alkanes) is 12. The number of hydrogen-bond donors (Lipinski definition) is 0. The minimum absolute atomic E-state index is 0.164. The normalized spacial score (nSPS) is 19.2. The van der Waals surface area contributed by atoms with E-state index in [1.54, 1.807) is 0 Å². The molecule has 214 valence electrons. The van der Waals surface area contributed by atoms with Crippen molar-refractivity contribution >= 4 is 10.1 Å². The molecule has 6 heteroatoms. The van der Waals surface area contributed by atoms with Crippen molar-refractivity contribution in [1.29, 1.82) is 0 Å². The first-order valence-electron chi connectivity index (χ1n) is 14.5. The molecule has 2 atom stereocenters. The molecule has 0 aliphatic carbocycles. The van der Waals surface area contributed by atoms with Crippen LogP contribution in [0, 0.1) is 0 Å². The minimum atomic E-state index is -3.29. The van der Waals surface area contributed by atoms with E-state index in [0.717, 1.165) is 44.8 Å². The number of ether oxygens (including phenoxy) is 2. The lowest BCUT2D eigenvalue weighted by Gasteiger charge is -2.24. The van der Waals surface area contributed by atoms with Crippen molar-refractivity contribution in [3.63, 3.8) is 0 Å². The van der Waals surface area contributed by atoms with Gasteiger partial charge >= 0.3 is 0 Å². The monoisotopic (exact) mass is 546 g/mol. The highest BCUT2D eigenvalue weighted by Crippen LogP contribution is 2.36. The van der Waals surface area contributed by atoms with Crippen molar-refractivity contribution in [2.75, 3.05) is 12.9 Å². The molecule has 0 N–H and O–H groups in total. The molecule has 0 amide bonds. The topological polar surface area (TPSA) is 61.8 Å². The second-order valence-corrected chi connectivity index (χ2v) is 12.1. The Morgan fingerprint density at radius 3 is 1.74 bits per heavy atom. The largest absolute Gasteiger partial charge is 0.336 e. The Morgan fingerprint density at radius 2 is 1.26 bits per heavy atom. The lowest BCUT2D eigenvalue weighted by molar-refractivity contribution is -0.135. The van der Waals surface area contributed by atoms with Crippen molar-refractivity contribution in [2.24, 2.45) is 0 Å². The number of hydrogen-bond acceptors (Lipinski definition) is 5. The van der Waals surface area contributed by atoms with Crippen LogP contribution in [0.5, 0.6) is 0 Å². The molecule has 1 saturated heterocycles. The Hall–Kier alpha value is -1.73. The fourth-order valence-corrected chi connectivity index (χ4v) is 5.30. The Balaban J connectivity index is 1.55. The molecule has 0 spiro atoms. The van der Waals surface area contributed by atoms with E-state index in [2.05, 4.69) is 49.6 Å². The summed E-state index contributed by atoms with van der Waals surface area (Å²) < 4.78 is 39.3. The molecule has 2 rings (SSSR count). The first kappa shape index (κ1) is 32.5. The zero-order valence-electron chi connectivity index (χ0n) is 23.5. The van der Waals surface area contributed by atoms with E-state index >= 15 is 0 Å². The van der Waals surface area contributed by atoms with E-state index < -0.39 is 15.9 Å². The van der Waals surface area contributed by atoms with Gasteiger partial charge in [-0.2, -0.15) is 8.42 Å². The van der Waals surface area contributed by atoms with Crippen LogP contribution < -0.4 is 0 Å². The zero-order valence-corrected chi connectivity index (χ0v) is 24.3. The second kappa shape index (κ2) is 18.5. The molecule has 0 saturated carbocycles. The second-order valence-electron chi connectivity index (χ2n) is 10.4. The summed E-state index contributed by atoms with van der Waals surface area (Å²) in [5.41, 5.74) is 1.27. The maximum atomic E-state index is 10.9. The lowest BCUT2D eigenvalue weighted by Crippen LogP contribution is -2.28. The van der Waals surface area contributed by atoms with Crippen LogP contribution in [-0.2, 0) is 30.2 Å². The van der Waals surface area contributed by atoms with Gasteiger partial charge in [-0.3, -0.25) is 4.18 Å². The van der Waals surface area contributed by atoms with Gasteiger partial charge in [0.15, 0.2) is 5.79 Å². The van der Waals surface area contributed by atoms with Crippen LogP contribution in [-0.4, -0.2) is 39.3 Å². The fourth-order valence-electron chi connectivity index (χ4n) is 4.88. The molecular formula is C32H50O5S. The van der Waals surface area contributed by atoms with Crippen molar-refractivity contribution < 1.29 is 22.1 Å². The molecule has 38 heavy (non-hydrogen) atoms. The smallest absolute Gasteiger partial charge is 0.264 e. The Kier molecular flexibility index (Phi) is 15.8. The van der Waals surface area contributed by atoms with Gasteiger partial charge in [0.25, 0.3) is 10.1 Å². The SMILES string of the molecule is C=C[C@H]1OC(/C=C/Cc2ccccc2)(CCCCCCCCCCCCCCCOS(C)(=O)=O)O[C@@H]1C=C. The van der Waals surface area contributed by atoms with Gasteiger partial charge in [0.05, 0.1) is 12.9 Å². The summed E-state index contributed by atoms with van der Waals surface area (Å²) in [7, 11) is -3.29. The molecule has 1 aromatic rings. The summed E-state index contributed by atoms with van der Waals surface area (Å²) in [5, 5.41) is 0. The zero-order chi connectivity index (χ0) is 27.5. The van der Waals surface area contributed by atoms with E-state index in [1.165, 1.54) is 63.4 Å². The van der Waals surface area contributed by atoms with Gasteiger partial charge < -0.3 is 9.47 Å². The number of benzene rings is 1. The summed E-state index contributed by atoms with van der Waals surface area (Å²) in [6.07, 6.45) is 25.9. The van der Waals surface area contributed by atoms with E-state index in [9.17, 15) is 8.42 Å². The molecule has 1 aromatic carbocycles. The summed E-state index contributed by atoms with van der Waals surface area (Å²) in [6, 6.07) is 10.4. The molecule has 1 aliphatic heterocycles. The van der Waals surface area contributed by atoms with Crippen LogP contribution in [0.1, 0.15) is 95.5 Å². The number of rotatable bonds is 22. The molecule has 0 unspecified atom stereocenters. The van der Waals surface area contributed by atoms with Gasteiger partial charge in [-0.25, -0.2) is 0 Å². The van der Waals surface area contributed by atoms with Gasteiger partial charge in [-0.1, -0.05) is 119 Å². The third kappa shape index (κ3) is 13.9. The van der Waals surface area contributed by atoms with Gasteiger partial charge in [-0.05, 0) is 30.9 Å². The first-order chi connectivity index (χ1) is 18.4. The van der Waals surface area contributed by atoms with Crippen LogP contribution in [0.4, 0.5) is 0 Å². The summed E-state index contributed by atoms with van der Waals surface area (Å²) in [6.45, 7) is 8.15. The van der Waals surface area contributed by atoms with Gasteiger partial charge in [0.1, 0.15) is 12.2 Å². The van der Waals surface area contributed by atoms with Gasteiger partial charge in [0, 0.05) is 6.42 Å². The summed E-state index contributed by atoms with van der Waals surface area (Å²) >= 11 is 0. The summed E-state index contributed by atoms with van der Waals surface area (Å²) in [4.78, 5) is 0. The molecule has 0 bridgehead atoms. The quantitative estimate of drug-likeness (QED) is 0.0836. The molecular weight excluding hydrogens is 496 g/mol. The van der Waals surface area contributed by atoms with E-state index in [4.69, 9.17) is 13.7 Å². The number of allylic oxidation sites excluding steroid dienone is 1. The van der Waals surface area contributed by atoms with Crippen LogP contribution in [0.2, 0.25) is 0 Å².